The van der Waals surface area contributed by atoms with E-state index in [4.69, 9.17) is 27.9 Å². The van der Waals surface area contributed by atoms with Gasteiger partial charge in [0.25, 0.3) is 11.7 Å². The number of rotatable bonds is 7. The van der Waals surface area contributed by atoms with E-state index < -0.39 is 17.7 Å². The molecule has 3 rings (SSSR count). The lowest BCUT2D eigenvalue weighted by Gasteiger charge is -2.25. The van der Waals surface area contributed by atoms with E-state index in [1.54, 1.807) is 0 Å². The Hall–Kier alpha value is -2.06. The molecule has 1 unspecified atom stereocenters. The minimum absolute atomic E-state index is 0.00364. The van der Waals surface area contributed by atoms with E-state index in [-0.39, 0.29) is 32.7 Å². The average Bonchev–Trinajstić information content (AvgIpc) is 3.29. The molecule has 2 aromatic rings. The van der Waals surface area contributed by atoms with Crippen molar-refractivity contribution in [2.75, 3.05) is 34.3 Å². The van der Waals surface area contributed by atoms with Crippen LogP contribution in [0.4, 0.5) is 0 Å². The second-order valence-electron chi connectivity index (χ2n) is 7.13. The molecule has 0 radical (unpaired) electrons. The molecule has 1 amide bonds. The highest BCUT2D eigenvalue weighted by atomic mass is 35.5. The number of carbonyl (C=O) groups excluding carboxylic acids is 2. The maximum absolute atomic E-state index is 13.0. The van der Waals surface area contributed by atoms with Crippen molar-refractivity contribution in [1.29, 1.82) is 0 Å². The number of likely N-dealkylation sites (tertiary alicyclic amines) is 1. The van der Waals surface area contributed by atoms with E-state index in [0.29, 0.717) is 13.0 Å². The molecule has 1 atom stereocenters. The first-order valence-corrected chi connectivity index (χ1v) is 10.9. The second kappa shape index (κ2) is 9.39. The van der Waals surface area contributed by atoms with Gasteiger partial charge in [-0.1, -0.05) is 29.3 Å². The quantitative estimate of drug-likeness (QED) is 0.369. The Morgan fingerprint density at radius 3 is 2.63 bits per heavy atom. The van der Waals surface area contributed by atoms with E-state index in [1.165, 1.54) is 35.5 Å². The molecular formula is C21H22Cl2N2O4S. The third-order valence-electron chi connectivity index (χ3n) is 4.82. The van der Waals surface area contributed by atoms with E-state index in [1.807, 2.05) is 36.5 Å². The van der Waals surface area contributed by atoms with Crippen LogP contribution in [0.25, 0.3) is 5.76 Å². The van der Waals surface area contributed by atoms with Gasteiger partial charge >= 0.3 is 0 Å². The summed E-state index contributed by atoms with van der Waals surface area (Å²) in [5.41, 5.74) is 0.173. The lowest BCUT2D eigenvalue weighted by atomic mass is 9.99. The normalized spacial score (nSPS) is 18.5. The smallest absolute Gasteiger partial charge is 0.295 e. The fourth-order valence-electron chi connectivity index (χ4n) is 3.50. The molecule has 1 aromatic carbocycles. The topological polar surface area (TPSA) is 70.1 Å². The molecule has 30 heavy (non-hydrogen) atoms. The number of halogens is 2. The summed E-state index contributed by atoms with van der Waals surface area (Å²) in [6, 6.07) is 5.95. The molecule has 9 heteroatoms. The number of carbonyl (C=O) groups is 2. The molecule has 1 fully saturated rings. The first kappa shape index (κ1) is 22.6. The molecule has 0 bridgehead atoms. The molecule has 6 nitrogen and oxygen atoms in total. The van der Waals surface area contributed by atoms with E-state index in [9.17, 15) is 14.7 Å². The highest BCUT2D eigenvalue weighted by Crippen LogP contribution is 2.44. The second-order valence-corrected chi connectivity index (χ2v) is 8.96. The van der Waals surface area contributed by atoms with Crippen molar-refractivity contribution < 1.29 is 19.4 Å². The van der Waals surface area contributed by atoms with Gasteiger partial charge in [-0.3, -0.25) is 9.59 Å². The van der Waals surface area contributed by atoms with Gasteiger partial charge in [0.1, 0.15) is 11.5 Å². The molecule has 160 valence electrons. The number of hydrogen-bond donors (Lipinski definition) is 1. The van der Waals surface area contributed by atoms with Crippen LogP contribution in [0.5, 0.6) is 5.75 Å². The number of ketones is 1. The maximum atomic E-state index is 13.0. The SMILES string of the molecule is COc1c(Cl)cc(Cl)cc1/C(O)=C1/C(=O)C(=O)N(CCCN(C)C)C1c1cccs1. The van der Waals surface area contributed by atoms with Crippen molar-refractivity contribution in [2.24, 2.45) is 0 Å². The van der Waals surface area contributed by atoms with Gasteiger partial charge in [-0.25, -0.2) is 0 Å². The molecular weight excluding hydrogens is 447 g/mol. The van der Waals surface area contributed by atoms with Crippen LogP contribution in [0.15, 0.2) is 35.2 Å². The van der Waals surface area contributed by atoms with Crippen molar-refractivity contribution in [3.05, 3.63) is 55.7 Å². The van der Waals surface area contributed by atoms with Crippen LogP contribution in [-0.4, -0.2) is 60.9 Å². The number of hydrogen-bond acceptors (Lipinski definition) is 6. The Morgan fingerprint density at radius 2 is 2.03 bits per heavy atom. The van der Waals surface area contributed by atoms with E-state index in [2.05, 4.69) is 0 Å². The predicted octanol–water partition coefficient (Wildman–Crippen LogP) is 4.44. The summed E-state index contributed by atoms with van der Waals surface area (Å²) >= 11 is 13.7. The Bertz CT molecular complexity index is 989. The van der Waals surface area contributed by atoms with Gasteiger partial charge in [0, 0.05) is 16.4 Å². The number of Topliss-reactive ketones (excluding diaryl/α,β-unsaturated/α-hetero) is 1. The molecule has 0 aliphatic carbocycles. The monoisotopic (exact) mass is 468 g/mol. The highest BCUT2D eigenvalue weighted by molar-refractivity contribution is 7.10. The molecule has 1 N–H and O–H groups in total. The van der Waals surface area contributed by atoms with Crippen molar-refractivity contribution in [3.8, 4) is 5.75 Å². The average molecular weight is 469 g/mol. The summed E-state index contributed by atoms with van der Waals surface area (Å²) in [6.07, 6.45) is 0.689. The molecule has 2 heterocycles. The van der Waals surface area contributed by atoms with Crippen molar-refractivity contribution in [3.63, 3.8) is 0 Å². The Morgan fingerprint density at radius 1 is 1.30 bits per heavy atom. The predicted molar refractivity (Wildman–Crippen MR) is 120 cm³/mol. The summed E-state index contributed by atoms with van der Waals surface area (Å²) in [5, 5.41) is 13.5. The molecule has 0 spiro atoms. The van der Waals surface area contributed by atoms with Gasteiger partial charge in [0.05, 0.1) is 29.3 Å². The van der Waals surface area contributed by atoms with Crippen LogP contribution in [0, 0.1) is 0 Å². The lowest BCUT2D eigenvalue weighted by Crippen LogP contribution is -2.32. The molecule has 1 aliphatic rings. The summed E-state index contributed by atoms with van der Waals surface area (Å²) in [6.45, 7) is 1.15. The van der Waals surface area contributed by atoms with Crippen LogP contribution >= 0.6 is 34.5 Å². The van der Waals surface area contributed by atoms with Gasteiger partial charge in [0.2, 0.25) is 0 Å². The summed E-state index contributed by atoms with van der Waals surface area (Å²) < 4.78 is 5.32. The van der Waals surface area contributed by atoms with Gasteiger partial charge in [-0.15, -0.1) is 11.3 Å². The molecule has 1 aromatic heterocycles. The minimum Gasteiger partial charge on any atom is -0.507 e. The Labute approximate surface area is 189 Å². The van der Waals surface area contributed by atoms with Crippen LogP contribution in [0.3, 0.4) is 0 Å². The number of benzene rings is 1. The first-order chi connectivity index (χ1) is 14.3. The van der Waals surface area contributed by atoms with Crippen molar-refractivity contribution in [1.82, 2.24) is 9.80 Å². The van der Waals surface area contributed by atoms with Crippen molar-refractivity contribution in [2.45, 2.75) is 12.5 Å². The third kappa shape index (κ3) is 4.34. The van der Waals surface area contributed by atoms with Crippen molar-refractivity contribution >= 4 is 52.0 Å². The number of aliphatic hydroxyl groups is 1. The van der Waals surface area contributed by atoms with E-state index in [0.717, 1.165) is 11.4 Å². The zero-order valence-corrected chi connectivity index (χ0v) is 19.1. The van der Waals surface area contributed by atoms with Crippen LogP contribution in [-0.2, 0) is 9.59 Å². The number of aliphatic hydroxyl groups excluding tert-OH is 1. The number of methoxy groups -OCH3 is 1. The van der Waals surface area contributed by atoms with Gasteiger partial charge in [-0.05, 0) is 50.6 Å². The molecule has 1 saturated heterocycles. The Kier molecular flexibility index (Phi) is 7.08. The van der Waals surface area contributed by atoms with Gasteiger partial charge in [-0.2, -0.15) is 0 Å². The standard InChI is InChI=1S/C21H22Cl2N2O4S/c1-24(2)7-5-8-25-17(15-6-4-9-30-15)16(19(27)21(25)28)18(26)13-10-12(22)11-14(23)20(13)29-3/h4,6,9-11,17,26H,5,7-8H2,1-3H3/b18-16-. The van der Waals surface area contributed by atoms with Crippen LogP contribution < -0.4 is 4.74 Å². The zero-order valence-electron chi connectivity index (χ0n) is 16.8. The summed E-state index contributed by atoms with van der Waals surface area (Å²) in [4.78, 5) is 30.2. The third-order valence-corrected chi connectivity index (χ3v) is 6.25. The van der Waals surface area contributed by atoms with Crippen LogP contribution in [0.2, 0.25) is 10.0 Å². The fourth-order valence-corrected chi connectivity index (χ4v) is 4.92. The Balaban J connectivity index is 2.14. The van der Waals surface area contributed by atoms with Gasteiger partial charge in [0.15, 0.2) is 0 Å². The minimum atomic E-state index is -0.742. The number of ether oxygens (including phenoxy) is 1. The molecule has 1 aliphatic heterocycles. The summed E-state index contributed by atoms with van der Waals surface area (Å²) in [5.74, 6) is -1.56. The first-order valence-electron chi connectivity index (χ1n) is 9.26. The maximum Gasteiger partial charge on any atom is 0.295 e. The van der Waals surface area contributed by atoms with Gasteiger partial charge < -0.3 is 19.6 Å². The largest absolute Gasteiger partial charge is 0.507 e. The summed E-state index contributed by atoms with van der Waals surface area (Å²) in [7, 11) is 5.29. The number of amides is 1. The number of nitrogens with zero attached hydrogens (tertiary/aromatic N) is 2. The number of thiophene rings is 1. The lowest BCUT2D eigenvalue weighted by molar-refractivity contribution is -0.139. The van der Waals surface area contributed by atoms with E-state index >= 15 is 0 Å². The fraction of sp³-hybridized carbons (Fsp3) is 0.333. The van der Waals surface area contributed by atoms with Crippen LogP contribution in [0.1, 0.15) is 22.9 Å². The zero-order chi connectivity index (χ0) is 22.0. The highest BCUT2D eigenvalue weighted by Gasteiger charge is 2.46. The molecule has 0 saturated carbocycles.